The molecule has 1 aliphatic rings. The fourth-order valence-electron chi connectivity index (χ4n) is 2.63. The molecule has 0 unspecified atom stereocenters. The fraction of sp³-hybridized carbons (Fsp3) is 0.333. The first-order valence-corrected chi connectivity index (χ1v) is 7.03. The second-order valence-electron chi connectivity index (χ2n) is 5.02. The van der Waals surface area contributed by atoms with Crippen LogP contribution in [-0.4, -0.2) is 23.3 Å². The highest BCUT2D eigenvalue weighted by molar-refractivity contribution is 5.76. The molecular weight excluding hydrogens is 250 g/mol. The molecule has 3 N–H and O–H groups in total. The highest BCUT2D eigenvalue weighted by Crippen LogP contribution is 2.31. The smallest absolute Gasteiger partial charge is 0.164 e. The largest absolute Gasteiger partial charge is 0.370 e. The van der Waals surface area contributed by atoms with Gasteiger partial charge in [-0.2, -0.15) is 0 Å². The zero-order chi connectivity index (χ0) is 13.8. The van der Waals surface area contributed by atoms with E-state index in [1.807, 2.05) is 24.3 Å². The number of nitrogens with one attached hydrogen (secondary N) is 1. The van der Waals surface area contributed by atoms with E-state index in [-0.39, 0.29) is 0 Å². The number of piperidine rings is 1. The number of hydrazine groups is 1. The van der Waals surface area contributed by atoms with Gasteiger partial charge in [0.2, 0.25) is 0 Å². The van der Waals surface area contributed by atoms with Gasteiger partial charge < -0.3 is 10.3 Å². The van der Waals surface area contributed by atoms with Crippen LogP contribution in [0, 0.1) is 0 Å². The van der Waals surface area contributed by atoms with E-state index >= 15 is 0 Å². The summed E-state index contributed by atoms with van der Waals surface area (Å²) in [6, 6.07) is 12.2. The van der Waals surface area contributed by atoms with Crippen molar-refractivity contribution in [2.75, 3.05) is 23.4 Å². The van der Waals surface area contributed by atoms with Crippen molar-refractivity contribution in [2.45, 2.75) is 19.3 Å². The molecule has 5 nitrogen and oxygen atoms in total. The van der Waals surface area contributed by atoms with Crippen molar-refractivity contribution in [3.63, 3.8) is 0 Å². The van der Waals surface area contributed by atoms with Crippen LogP contribution in [-0.2, 0) is 0 Å². The number of benzene rings is 1. The highest BCUT2D eigenvalue weighted by Gasteiger charge is 2.17. The molecular formula is C15H19N5. The number of nitrogen functional groups attached to an aromatic ring is 1. The summed E-state index contributed by atoms with van der Waals surface area (Å²) in [5.41, 5.74) is 5.70. The second kappa shape index (κ2) is 5.88. The molecule has 0 spiro atoms. The third-order valence-corrected chi connectivity index (χ3v) is 3.67. The van der Waals surface area contributed by atoms with Crippen molar-refractivity contribution < 1.29 is 0 Å². The molecule has 0 saturated carbocycles. The minimum atomic E-state index is 0.602. The third kappa shape index (κ3) is 2.58. The lowest BCUT2D eigenvalue weighted by Gasteiger charge is -2.30. The van der Waals surface area contributed by atoms with Gasteiger partial charge in [-0.05, 0) is 19.3 Å². The van der Waals surface area contributed by atoms with Gasteiger partial charge in [0, 0.05) is 24.7 Å². The average molecular weight is 269 g/mol. The first-order valence-electron chi connectivity index (χ1n) is 7.03. The molecule has 0 radical (unpaired) electrons. The van der Waals surface area contributed by atoms with Gasteiger partial charge in [-0.1, -0.05) is 30.3 Å². The van der Waals surface area contributed by atoms with E-state index in [1.54, 1.807) is 0 Å². The van der Waals surface area contributed by atoms with Crippen molar-refractivity contribution in [1.29, 1.82) is 0 Å². The Kier molecular flexibility index (Phi) is 3.78. The first-order chi connectivity index (χ1) is 9.88. The lowest BCUT2D eigenvalue weighted by molar-refractivity contribution is 0.577. The number of nitrogens with two attached hydrogens (primary N) is 1. The van der Waals surface area contributed by atoms with E-state index in [9.17, 15) is 0 Å². The van der Waals surface area contributed by atoms with Crippen LogP contribution in [0.15, 0.2) is 36.4 Å². The van der Waals surface area contributed by atoms with Crippen LogP contribution in [0.1, 0.15) is 19.3 Å². The van der Waals surface area contributed by atoms with E-state index < -0.39 is 0 Å². The molecule has 0 atom stereocenters. The molecule has 0 aliphatic carbocycles. The summed E-state index contributed by atoms with van der Waals surface area (Å²) >= 11 is 0. The Balaban J connectivity index is 2.04. The zero-order valence-corrected chi connectivity index (χ0v) is 11.4. The molecule has 0 amide bonds. The Morgan fingerprint density at radius 2 is 1.75 bits per heavy atom. The molecule has 5 heteroatoms. The molecule has 2 aromatic rings. The van der Waals surface area contributed by atoms with E-state index in [2.05, 4.69) is 32.7 Å². The Morgan fingerprint density at radius 1 is 1.00 bits per heavy atom. The predicted octanol–water partition coefficient (Wildman–Crippen LogP) is 2.42. The topological polar surface area (TPSA) is 67.1 Å². The molecule has 0 bridgehead atoms. The van der Waals surface area contributed by atoms with Crippen LogP contribution in [0.4, 0.5) is 11.5 Å². The molecule has 1 aromatic heterocycles. The minimum absolute atomic E-state index is 0.602. The lowest BCUT2D eigenvalue weighted by Crippen LogP contribution is -2.30. The Labute approximate surface area is 118 Å². The quantitative estimate of drug-likeness (QED) is 0.661. The van der Waals surface area contributed by atoms with Crippen molar-refractivity contribution >= 4 is 11.5 Å². The molecule has 104 valence electrons. The maximum atomic E-state index is 5.47. The number of hydrogen-bond donors (Lipinski definition) is 2. The highest BCUT2D eigenvalue weighted by atomic mass is 15.3. The molecule has 20 heavy (non-hydrogen) atoms. The van der Waals surface area contributed by atoms with Crippen molar-refractivity contribution in [2.24, 2.45) is 5.84 Å². The van der Waals surface area contributed by atoms with Crippen molar-refractivity contribution in [3.05, 3.63) is 36.4 Å². The standard InChI is InChI=1S/C15H19N5/c16-17-14-11-13(20-9-5-2-6-10-20)15(19-18-14)12-7-3-1-4-8-12/h1,3-4,7-8,11H,2,5-6,9-10,16H2,(H,17,18). The Hall–Kier alpha value is -2.14. The van der Waals surface area contributed by atoms with Gasteiger partial charge in [0.25, 0.3) is 0 Å². The molecule has 1 saturated heterocycles. The molecule has 1 aliphatic heterocycles. The van der Waals surface area contributed by atoms with Gasteiger partial charge >= 0.3 is 0 Å². The van der Waals surface area contributed by atoms with Crippen LogP contribution in [0.2, 0.25) is 0 Å². The third-order valence-electron chi connectivity index (χ3n) is 3.67. The molecule has 3 rings (SSSR count). The van der Waals surface area contributed by atoms with E-state index in [4.69, 9.17) is 5.84 Å². The Morgan fingerprint density at radius 3 is 2.45 bits per heavy atom. The first kappa shape index (κ1) is 12.9. The van der Waals surface area contributed by atoms with Crippen LogP contribution in [0.3, 0.4) is 0 Å². The SMILES string of the molecule is NNc1cc(N2CCCCC2)c(-c2ccccc2)nn1. The van der Waals surface area contributed by atoms with E-state index in [0.29, 0.717) is 5.82 Å². The number of aromatic nitrogens is 2. The molecule has 1 fully saturated rings. The maximum Gasteiger partial charge on any atom is 0.164 e. The molecule has 2 heterocycles. The summed E-state index contributed by atoms with van der Waals surface area (Å²) < 4.78 is 0. The number of nitrogens with zero attached hydrogens (tertiary/aromatic N) is 3. The summed E-state index contributed by atoms with van der Waals surface area (Å²) in [5.74, 6) is 6.07. The van der Waals surface area contributed by atoms with Crippen LogP contribution in [0.5, 0.6) is 0 Å². The predicted molar refractivity (Wildman–Crippen MR) is 81.3 cm³/mol. The maximum absolute atomic E-state index is 5.47. The molecule has 1 aromatic carbocycles. The fourth-order valence-corrected chi connectivity index (χ4v) is 2.63. The van der Waals surface area contributed by atoms with Crippen molar-refractivity contribution in [1.82, 2.24) is 10.2 Å². The van der Waals surface area contributed by atoms with Crippen LogP contribution < -0.4 is 16.2 Å². The summed E-state index contributed by atoms with van der Waals surface area (Å²) in [5, 5.41) is 8.48. The zero-order valence-electron chi connectivity index (χ0n) is 11.4. The van der Waals surface area contributed by atoms with Gasteiger partial charge in [0.05, 0.1) is 5.69 Å². The van der Waals surface area contributed by atoms with Gasteiger partial charge in [0.1, 0.15) is 5.69 Å². The van der Waals surface area contributed by atoms with Crippen molar-refractivity contribution in [3.8, 4) is 11.3 Å². The van der Waals surface area contributed by atoms with E-state index in [0.717, 1.165) is 30.0 Å². The summed E-state index contributed by atoms with van der Waals surface area (Å²) in [6.07, 6.45) is 3.75. The van der Waals surface area contributed by atoms with Crippen LogP contribution in [0.25, 0.3) is 11.3 Å². The van der Waals surface area contributed by atoms with Gasteiger partial charge in [-0.3, -0.25) is 0 Å². The minimum Gasteiger partial charge on any atom is -0.370 e. The normalized spacial score (nSPS) is 15.2. The second-order valence-corrected chi connectivity index (χ2v) is 5.02. The van der Waals surface area contributed by atoms with Crippen LogP contribution >= 0.6 is 0 Å². The van der Waals surface area contributed by atoms with Gasteiger partial charge in [0.15, 0.2) is 5.82 Å². The monoisotopic (exact) mass is 269 g/mol. The average Bonchev–Trinajstić information content (AvgIpc) is 2.56. The van der Waals surface area contributed by atoms with Gasteiger partial charge in [-0.15, -0.1) is 10.2 Å². The summed E-state index contributed by atoms with van der Waals surface area (Å²) in [4.78, 5) is 2.38. The number of rotatable bonds is 3. The summed E-state index contributed by atoms with van der Waals surface area (Å²) in [6.45, 7) is 2.13. The van der Waals surface area contributed by atoms with Gasteiger partial charge in [-0.25, -0.2) is 5.84 Å². The number of hydrogen-bond acceptors (Lipinski definition) is 5. The Bertz CT molecular complexity index is 564. The number of anilines is 2. The van der Waals surface area contributed by atoms with E-state index in [1.165, 1.54) is 19.3 Å². The summed E-state index contributed by atoms with van der Waals surface area (Å²) in [7, 11) is 0. The lowest BCUT2D eigenvalue weighted by atomic mass is 10.1.